The van der Waals surface area contributed by atoms with E-state index in [-0.39, 0.29) is 29.7 Å². The highest BCUT2D eigenvalue weighted by molar-refractivity contribution is 6.05. The van der Waals surface area contributed by atoms with E-state index in [0.717, 1.165) is 23.8 Å². The second-order valence-corrected chi connectivity index (χ2v) is 7.61. The highest BCUT2D eigenvalue weighted by Crippen LogP contribution is 2.41. The number of carbonyl (C=O) groups is 2. The Morgan fingerprint density at radius 1 is 0.969 bits per heavy atom. The van der Waals surface area contributed by atoms with Gasteiger partial charge < -0.3 is 14.7 Å². The molecule has 0 bridgehead atoms. The number of likely N-dealkylation sites (tertiary alicyclic amines) is 1. The normalized spacial score (nSPS) is 17.9. The van der Waals surface area contributed by atoms with Crippen molar-refractivity contribution in [1.29, 1.82) is 0 Å². The van der Waals surface area contributed by atoms with Gasteiger partial charge in [0.1, 0.15) is 23.4 Å². The summed E-state index contributed by atoms with van der Waals surface area (Å²) in [6.07, 6.45) is 0.432. The Hall–Kier alpha value is -3.74. The Labute approximate surface area is 183 Å². The molecule has 2 atom stereocenters. The van der Waals surface area contributed by atoms with Gasteiger partial charge >= 0.3 is 5.97 Å². The number of hydrogen-bond donors (Lipinski definition) is 1. The monoisotopic (exact) mass is 437 g/mol. The fraction of sp³-hybridized carbons (Fsp3) is 0.200. The maximum Gasteiger partial charge on any atom is 0.326 e. The maximum absolute atomic E-state index is 13.9. The standard InChI is InChI=1S/C25H21F2NO4/c1-32-22-9-5-8-19(15-6-3-2-4-7-15)23(22)24(29)28-20(10-11-21(28)25(30)31)16-12-17(26)14-18(27)13-16/h2-9,12-14,20-21H,10-11H2,1H3,(H,30,31). The maximum atomic E-state index is 13.9. The second kappa shape index (κ2) is 8.78. The van der Waals surface area contributed by atoms with Gasteiger partial charge in [0, 0.05) is 6.07 Å². The Balaban J connectivity index is 1.86. The highest BCUT2D eigenvalue weighted by atomic mass is 19.1. The van der Waals surface area contributed by atoms with Gasteiger partial charge in [-0.1, -0.05) is 42.5 Å². The minimum absolute atomic E-state index is 0.166. The van der Waals surface area contributed by atoms with Gasteiger partial charge in [-0.3, -0.25) is 4.79 Å². The van der Waals surface area contributed by atoms with Gasteiger partial charge in [0.25, 0.3) is 5.91 Å². The molecule has 0 aromatic heterocycles. The number of rotatable bonds is 5. The van der Waals surface area contributed by atoms with Crippen molar-refractivity contribution >= 4 is 11.9 Å². The number of benzene rings is 3. The molecule has 1 aliphatic heterocycles. The van der Waals surface area contributed by atoms with Crippen LogP contribution in [0.2, 0.25) is 0 Å². The molecule has 1 amide bonds. The Kier molecular flexibility index (Phi) is 5.90. The summed E-state index contributed by atoms with van der Waals surface area (Å²) in [5.41, 5.74) is 1.76. The SMILES string of the molecule is COc1cccc(-c2ccccc2)c1C(=O)N1C(C(=O)O)CCC1c1cc(F)cc(F)c1. The van der Waals surface area contributed by atoms with Gasteiger partial charge in [0.15, 0.2) is 0 Å². The van der Waals surface area contributed by atoms with Gasteiger partial charge in [0.05, 0.1) is 18.7 Å². The van der Waals surface area contributed by atoms with Gasteiger partial charge in [-0.15, -0.1) is 0 Å². The van der Waals surface area contributed by atoms with E-state index in [1.54, 1.807) is 18.2 Å². The van der Waals surface area contributed by atoms with Crippen molar-refractivity contribution in [3.63, 3.8) is 0 Å². The number of methoxy groups -OCH3 is 1. The van der Waals surface area contributed by atoms with Crippen LogP contribution in [0.3, 0.4) is 0 Å². The highest BCUT2D eigenvalue weighted by Gasteiger charge is 2.43. The number of carbonyl (C=O) groups excluding carboxylic acids is 1. The van der Waals surface area contributed by atoms with Gasteiger partial charge in [-0.25, -0.2) is 13.6 Å². The molecular formula is C25H21F2NO4. The molecule has 4 rings (SSSR count). The third-order valence-corrected chi connectivity index (χ3v) is 5.72. The molecule has 2 unspecified atom stereocenters. The van der Waals surface area contributed by atoms with Crippen LogP contribution in [-0.4, -0.2) is 35.0 Å². The van der Waals surface area contributed by atoms with Crippen LogP contribution in [0.1, 0.15) is 34.8 Å². The summed E-state index contributed by atoms with van der Waals surface area (Å²) in [4.78, 5) is 27.1. The van der Waals surface area contributed by atoms with E-state index in [1.165, 1.54) is 12.0 Å². The lowest BCUT2D eigenvalue weighted by molar-refractivity contribution is -0.141. The molecule has 1 fully saturated rings. The zero-order valence-electron chi connectivity index (χ0n) is 17.3. The van der Waals surface area contributed by atoms with Crippen LogP contribution in [-0.2, 0) is 4.79 Å². The molecule has 1 heterocycles. The topological polar surface area (TPSA) is 66.8 Å². The quantitative estimate of drug-likeness (QED) is 0.605. The van der Waals surface area contributed by atoms with Gasteiger partial charge in [0.2, 0.25) is 0 Å². The fourth-order valence-electron chi connectivity index (χ4n) is 4.34. The third kappa shape index (κ3) is 3.93. The molecule has 3 aromatic rings. The van der Waals surface area contributed by atoms with Crippen LogP contribution >= 0.6 is 0 Å². The summed E-state index contributed by atoms with van der Waals surface area (Å²) in [6.45, 7) is 0. The zero-order chi connectivity index (χ0) is 22.8. The molecule has 1 N–H and O–H groups in total. The number of carboxylic acid groups (broad SMARTS) is 1. The fourth-order valence-corrected chi connectivity index (χ4v) is 4.34. The summed E-state index contributed by atoms with van der Waals surface area (Å²) in [5, 5.41) is 9.79. The zero-order valence-corrected chi connectivity index (χ0v) is 17.3. The number of aliphatic carboxylic acids is 1. The first-order chi connectivity index (χ1) is 15.4. The van der Waals surface area contributed by atoms with E-state index in [9.17, 15) is 23.5 Å². The van der Waals surface area contributed by atoms with Crippen molar-refractivity contribution in [1.82, 2.24) is 4.90 Å². The summed E-state index contributed by atoms with van der Waals surface area (Å²) in [5.74, 6) is -3.02. The molecule has 32 heavy (non-hydrogen) atoms. The van der Waals surface area contributed by atoms with E-state index in [2.05, 4.69) is 0 Å². The Bertz CT molecular complexity index is 1150. The lowest BCUT2D eigenvalue weighted by Crippen LogP contribution is -2.42. The summed E-state index contributed by atoms with van der Waals surface area (Å²) >= 11 is 0. The minimum Gasteiger partial charge on any atom is -0.496 e. The first kappa shape index (κ1) is 21.5. The van der Waals surface area contributed by atoms with Crippen LogP contribution in [0.4, 0.5) is 8.78 Å². The molecule has 7 heteroatoms. The van der Waals surface area contributed by atoms with Gasteiger partial charge in [-0.05, 0) is 47.7 Å². The Morgan fingerprint density at radius 2 is 1.66 bits per heavy atom. The first-order valence-electron chi connectivity index (χ1n) is 10.1. The summed E-state index contributed by atoms with van der Waals surface area (Å²) in [6, 6.07) is 15.4. The molecule has 164 valence electrons. The molecule has 0 spiro atoms. The van der Waals surface area contributed by atoms with Gasteiger partial charge in [-0.2, -0.15) is 0 Å². The smallest absolute Gasteiger partial charge is 0.326 e. The lowest BCUT2D eigenvalue weighted by Gasteiger charge is -2.30. The van der Waals surface area contributed by atoms with Crippen LogP contribution in [0.25, 0.3) is 11.1 Å². The predicted molar refractivity (Wildman–Crippen MR) is 114 cm³/mol. The molecule has 5 nitrogen and oxygen atoms in total. The van der Waals surface area contributed by atoms with Crippen molar-refractivity contribution in [3.05, 3.63) is 89.5 Å². The Morgan fingerprint density at radius 3 is 2.28 bits per heavy atom. The van der Waals surface area contributed by atoms with E-state index in [0.29, 0.717) is 5.56 Å². The number of amides is 1. The molecule has 0 aliphatic carbocycles. The van der Waals surface area contributed by atoms with E-state index in [1.807, 2.05) is 30.3 Å². The van der Waals surface area contributed by atoms with Crippen molar-refractivity contribution in [2.75, 3.05) is 7.11 Å². The van der Waals surface area contributed by atoms with Crippen molar-refractivity contribution < 1.29 is 28.2 Å². The average Bonchev–Trinajstić information content (AvgIpc) is 3.23. The second-order valence-electron chi connectivity index (χ2n) is 7.61. The molecular weight excluding hydrogens is 416 g/mol. The number of halogens is 2. The van der Waals surface area contributed by atoms with E-state index < -0.39 is 35.6 Å². The number of carboxylic acids is 1. The summed E-state index contributed by atoms with van der Waals surface area (Å²) < 4.78 is 33.3. The molecule has 0 saturated carbocycles. The minimum atomic E-state index is -1.17. The molecule has 1 saturated heterocycles. The van der Waals surface area contributed by atoms with E-state index in [4.69, 9.17) is 4.74 Å². The van der Waals surface area contributed by atoms with Crippen molar-refractivity contribution in [2.24, 2.45) is 0 Å². The average molecular weight is 437 g/mol. The van der Waals surface area contributed by atoms with Crippen LogP contribution < -0.4 is 4.74 Å². The van der Waals surface area contributed by atoms with Crippen molar-refractivity contribution in [2.45, 2.75) is 24.9 Å². The third-order valence-electron chi connectivity index (χ3n) is 5.72. The molecule has 3 aromatic carbocycles. The number of ether oxygens (including phenoxy) is 1. The van der Waals surface area contributed by atoms with Crippen LogP contribution in [0, 0.1) is 11.6 Å². The molecule has 0 radical (unpaired) electrons. The largest absolute Gasteiger partial charge is 0.496 e. The molecule has 1 aliphatic rings. The van der Waals surface area contributed by atoms with Crippen molar-refractivity contribution in [3.8, 4) is 16.9 Å². The predicted octanol–water partition coefficient (Wildman–Crippen LogP) is 5.07. The van der Waals surface area contributed by atoms with Crippen LogP contribution in [0.15, 0.2) is 66.7 Å². The first-order valence-corrected chi connectivity index (χ1v) is 10.1. The van der Waals surface area contributed by atoms with Crippen LogP contribution in [0.5, 0.6) is 5.75 Å². The number of nitrogens with zero attached hydrogens (tertiary/aromatic N) is 1. The number of hydrogen-bond acceptors (Lipinski definition) is 3. The summed E-state index contributed by atoms with van der Waals surface area (Å²) in [7, 11) is 1.43. The lowest BCUT2D eigenvalue weighted by atomic mass is 9.96. The van der Waals surface area contributed by atoms with E-state index >= 15 is 0 Å².